The molecule has 140 valence electrons. The molecule has 0 N–H and O–H groups in total. The van der Waals surface area contributed by atoms with Crippen LogP contribution >= 0.6 is 0 Å². The van der Waals surface area contributed by atoms with Gasteiger partial charge in [-0.3, -0.25) is 14.9 Å². The number of carbonyl (C=O) groups is 2. The van der Waals surface area contributed by atoms with Crippen molar-refractivity contribution in [2.24, 2.45) is 0 Å². The van der Waals surface area contributed by atoms with Crippen LogP contribution in [0.25, 0.3) is 0 Å². The lowest BCUT2D eigenvalue weighted by molar-refractivity contribution is -0.384. The van der Waals surface area contributed by atoms with Crippen LogP contribution in [0.3, 0.4) is 0 Å². The summed E-state index contributed by atoms with van der Waals surface area (Å²) in [6.07, 6.45) is 0. The van der Waals surface area contributed by atoms with Crippen molar-refractivity contribution in [3.8, 4) is 0 Å². The van der Waals surface area contributed by atoms with Gasteiger partial charge in [0.25, 0.3) is 11.6 Å². The average molecular weight is 369 g/mol. The smallest absolute Gasteiger partial charge is 0.337 e. The lowest BCUT2D eigenvalue weighted by Gasteiger charge is -2.36. The molecule has 0 unspecified atom stereocenters. The predicted molar refractivity (Wildman–Crippen MR) is 99.0 cm³/mol. The highest BCUT2D eigenvalue weighted by Crippen LogP contribution is 2.21. The molecule has 0 atom stereocenters. The van der Waals surface area contributed by atoms with E-state index in [1.165, 1.54) is 19.2 Å². The molecule has 27 heavy (non-hydrogen) atoms. The summed E-state index contributed by atoms with van der Waals surface area (Å²) in [5.41, 5.74) is 1.88. The van der Waals surface area contributed by atoms with E-state index in [4.69, 9.17) is 0 Å². The van der Waals surface area contributed by atoms with E-state index in [1.54, 1.807) is 41.3 Å². The Hall–Kier alpha value is -3.42. The summed E-state index contributed by atoms with van der Waals surface area (Å²) in [5.74, 6) is -0.527. The molecule has 1 aliphatic heterocycles. The highest BCUT2D eigenvalue weighted by molar-refractivity contribution is 5.96. The molecule has 0 radical (unpaired) electrons. The number of methoxy groups -OCH3 is 1. The zero-order chi connectivity index (χ0) is 19.4. The normalized spacial score (nSPS) is 14.0. The summed E-state index contributed by atoms with van der Waals surface area (Å²) in [6.45, 7) is 2.39. The van der Waals surface area contributed by atoms with E-state index in [-0.39, 0.29) is 11.6 Å². The van der Waals surface area contributed by atoms with Crippen LogP contribution in [0.1, 0.15) is 20.7 Å². The summed E-state index contributed by atoms with van der Waals surface area (Å²) >= 11 is 0. The Bertz CT molecular complexity index is 841. The van der Waals surface area contributed by atoms with Crippen LogP contribution in [-0.4, -0.2) is 55.0 Å². The molecule has 1 saturated heterocycles. The first-order chi connectivity index (χ1) is 13.0. The number of nitrogens with zero attached hydrogens (tertiary/aromatic N) is 3. The maximum absolute atomic E-state index is 12.6. The second kappa shape index (κ2) is 7.86. The van der Waals surface area contributed by atoms with Crippen molar-refractivity contribution in [2.45, 2.75) is 0 Å². The summed E-state index contributed by atoms with van der Waals surface area (Å²) in [6, 6.07) is 12.8. The van der Waals surface area contributed by atoms with Crippen molar-refractivity contribution < 1.29 is 19.2 Å². The van der Waals surface area contributed by atoms with Crippen molar-refractivity contribution in [1.82, 2.24) is 4.90 Å². The lowest BCUT2D eigenvalue weighted by Crippen LogP contribution is -2.48. The Morgan fingerprint density at radius 3 is 2.00 bits per heavy atom. The van der Waals surface area contributed by atoms with Gasteiger partial charge in [0, 0.05) is 49.6 Å². The number of carbonyl (C=O) groups excluding carboxylic acids is 2. The van der Waals surface area contributed by atoms with Gasteiger partial charge in [-0.2, -0.15) is 0 Å². The van der Waals surface area contributed by atoms with Crippen LogP contribution in [0, 0.1) is 10.1 Å². The van der Waals surface area contributed by atoms with Crippen molar-refractivity contribution >= 4 is 23.3 Å². The molecule has 2 aromatic carbocycles. The van der Waals surface area contributed by atoms with E-state index < -0.39 is 10.9 Å². The maximum atomic E-state index is 12.6. The zero-order valence-corrected chi connectivity index (χ0v) is 14.8. The number of rotatable bonds is 4. The lowest BCUT2D eigenvalue weighted by atomic mass is 10.1. The Morgan fingerprint density at radius 1 is 0.926 bits per heavy atom. The van der Waals surface area contributed by atoms with E-state index in [2.05, 4.69) is 9.64 Å². The second-order valence-corrected chi connectivity index (χ2v) is 6.12. The van der Waals surface area contributed by atoms with Crippen LogP contribution < -0.4 is 4.90 Å². The number of piperazine rings is 1. The Kier molecular flexibility index (Phi) is 5.35. The fraction of sp³-hybridized carbons (Fsp3) is 0.263. The number of non-ortho nitro benzene ring substituents is 1. The molecule has 8 nitrogen and oxygen atoms in total. The number of nitro benzene ring substituents is 1. The van der Waals surface area contributed by atoms with Gasteiger partial charge in [0.2, 0.25) is 0 Å². The van der Waals surface area contributed by atoms with Gasteiger partial charge in [-0.05, 0) is 36.4 Å². The molecular formula is C19H19N3O5. The van der Waals surface area contributed by atoms with E-state index in [0.29, 0.717) is 37.3 Å². The summed E-state index contributed by atoms with van der Waals surface area (Å²) in [7, 11) is 1.31. The molecule has 0 spiro atoms. The van der Waals surface area contributed by atoms with E-state index >= 15 is 0 Å². The molecule has 8 heteroatoms. The van der Waals surface area contributed by atoms with Crippen molar-refractivity contribution in [2.75, 3.05) is 38.2 Å². The second-order valence-electron chi connectivity index (χ2n) is 6.12. The monoisotopic (exact) mass is 369 g/mol. The fourth-order valence-electron chi connectivity index (χ4n) is 3.00. The topological polar surface area (TPSA) is 93.0 Å². The van der Waals surface area contributed by atoms with Crippen molar-refractivity contribution in [1.29, 1.82) is 0 Å². The van der Waals surface area contributed by atoms with Gasteiger partial charge < -0.3 is 14.5 Å². The van der Waals surface area contributed by atoms with Gasteiger partial charge in [-0.15, -0.1) is 0 Å². The first-order valence-electron chi connectivity index (χ1n) is 8.46. The number of hydrogen-bond donors (Lipinski definition) is 0. The van der Waals surface area contributed by atoms with Gasteiger partial charge in [0.1, 0.15) is 0 Å². The van der Waals surface area contributed by atoms with Crippen molar-refractivity contribution in [3.63, 3.8) is 0 Å². The van der Waals surface area contributed by atoms with Gasteiger partial charge >= 0.3 is 5.97 Å². The summed E-state index contributed by atoms with van der Waals surface area (Å²) < 4.78 is 4.65. The largest absolute Gasteiger partial charge is 0.465 e. The molecule has 0 saturated carbocycles. The minimum absolute atomic E-state index is 0.0583. The van der Waals surface area contributed by atoms with Gasteiger partial charge in [0.05, 0.1) is 17.6 Å². The molecule has 1 heterocycles. The van der Waals surface area contributed by atoms with Crippen LogP contribution in [0.15, 0.2) is 48.5 Å². The Balaban J connectivity index is 1.60. The number of ether oxygens (including phenoxy) is 1. The predicted octanol–water partition coefficient (Wildman–Crippen LogP) is 2.34. The summed E-state index contributed by atoms with van der Waals surface area (Å²) in [4.78, 5) is 38.3. The third kappa shape index (κ3) is 4.05. The number of anilines is 1. The molecule has 1 amide bonds. The maximum Gasteiger partial charge on any atom is 0.337 e. The van der Waals surface area contributed by atoms with Crippen LogP contribution in [-0.2, 0) is 4.74 Å². The average Bonchev–Trinajstić information content (AvgIpc) is 2.73. The quantitative estimate of drug-likeness (QED) is 0.467. The minimum atomic E-state index is -0.439. The molecule has 0 aromatic heterocycles. The standard InChI is InChI=1S/C19H19N3O5/c1-27-19(24)15-4-2-14(3-5-15)18(23)21-12-10-20(11-13-21)16-6-8-17(9-7-16)22(25)26/h2-9H,10-13H2,1H3. The van der Waals surface area contributed by atoms with Gasteiger partial charge in [-0.25, -0.2) is 4.79 Å². The van der Waals surface area contributed by atoms with Crippen LogP contribution in [0.2, 0.25) is 0 Å². The first kappa shape index (κ1) is 18.4. The Morgan fingerprint density at radius 2 is 1.48 bits per heavy atom. The molecule has 1 aliphatic rings. The van der Waals surface area contributed by atoms with Crippen LogP contribution in [0.5, 0.6) is 0 Å². The number of hydrogen-bond acceptors (Lipinski definition) is 6. The van der Waals surface area contributed by atoms with E-state index in [9.17, 15) is 19.7 Å². The van der Waals surface area contributed by atoms with Gasteiger partial charge in [0.15, 0.2) is 0 Å². The zero-order valence-electron chi connectivity index (χ0n) is 14.8. The molecule has 0 aliphatic carbocycles. The van der Waals surface area contributed by atoms with Gasteiger partial charge in [-0.1, -0.05) is 0 Å². The summed E-state index contributed by atoms with van der Waals surface area (Å²) in [5, 5.41) is 10.7. The third-order valence-corrected chi connectivity index (χ3v) is 4.55. The Labute approximate surface area is 156 Å². The number of esters is 1. The molecule has 0 bridgehead atoms. The first-order valence-corrected chi connectivity index (χ1v) is 8.46. The number of benzene rings is 2. The van der Waals surface area contributed by atoms with Crippen molar-refractivity contribution in [3.05, 3.63) is 69.8 Å². The molecular weight excluding hydrogens is 350 g/mol. The third-order valence-electron chi connectivity index (χ3n) is 4.55. The van der Waals surface area contributed by atoms with E-state index in [1.807, 2.05) is 0 Å². The number of amides is 1. The SMILES string of the molecule is COC(=O)c1ccc(C(=O)N2CCN(c3ccc([N+](=O)[O-])cc3)CC2)cc1. The highest BCUT2D eigenvalue weighted by atomic mass is 16.6. The molecule has 2 aromatic rings. The van der Waals surface area contributed by atoms with Crippen LogP contribution in [0.4, 0.5) is 11.4 Å². The molecule has 3 rings (SSSR count). The van der Waals surface area contributed by atoms with E-state index in [0.717, 1.165) is 5.69 Å². The number of nitro groups is 1. The fourth-order valence-corrected chi connectivity index (χ4v) is 3.00. The highest BCUT2D eigenvalue weighted by Gasteiger charge is 2.23. The minimum Gasteiger partial charge on any atom is -0.465 e. The molecule has 1 fully saturated rings.